The molecule has 0 saturated carbocycles. The fourth-order valence-corrected chi connectivity index (χ4v) is 4.79. The standard InChI is InChI=1S/C21H20ClN3O4S/c1-15(26)24-11-13-25(14-12-24)21-20(30(27,28)18-5-3-2-4-6-18)23-19(29-21)16-7-9-17(22)10-8-16/h2-10H,11-14H2,1H3. The first-order chi connectivity index (χ1) is 14.4. The molecule has 0 bridgehead atoms. The van der Waals surface area contributed by atoms with Gasteiger partial charge in [-0.1, -0.05) is 29.8 Å². The number of carbonyl (C=O) groups is 1. The number of sulfone groups is 1. The van der Waals surface area contributed by atoms with Crippen molar-refractivity contribution in [1.29, 1.82) is 0 Å². The van der Waals surface area contributed by atoms with Crippen molar-refractivity contribution >= 4 is 33.2 Å². The summed E-state index contributed by atoms with van der Waals surface area (Å²) in [6, 6.07) is 15.0. The van der Waals surface area contributed by atoms with Crippen molar-refractivity contribution in [3.05, 3.63) is 59.6 Å². The molecule has 1 aliphatic heterocycles. The summed E-state index contributed by atoms with van der Waals surface area (Å²) >= 11 is 5.96. The van der Waals surface area contributed by atoms with Crippen molar-refractivity contribution in [1.82, 2.24) is 9.88 Å². The van der Waals surface area contributed by atoms with Gasteiger partial charge in [0.25, 0.3) is 0 Å². The molecule has 0 aliphatic carbocycles. The molecule has 0 N–H and O–H groups in total. The molecule has 1 saturated heterocycles. The highest BCUT2D eigenvalue weighted by atomic mass is 35.5. The topological polar surface area (TPSA) is 83.7 Å². The van der Waals surface area contributed by atoms with E-state index in [4.69, 9.17) is 16.0 Å². The predicted octanol–water partition coefficient (Wildman–Crippen LogP) is 3.50. The van der Waals surface area contributed by atoms with Crippen LogP contribution in [0.25, 0.3) is 11.5 Å². The molecule has 0 radical (unpaired) electrons. The van der Waals surface area contributed by atoms with E-state index in [1.165, 1.54) is 19.1 Å². The van der Waals surface area contributed by atoms with Crippen LogP contribution in [0, 0.1) is 0 Å². The monoisotopic (exact) mass is 445 g/mol. The van der Waals surface area contributed by atoms with Crippen molar-refractivity contribution in [2.24, 2.45) is 0 Å². The van der Waals surface area contributed by atoms with Crippen LogP contribution in [0.3, 0.4) is 0 Å². The molecule has 2 aromatic carbocycles. The molecule has 1 fully saturated rings. The Morgan fingerprint density at radius 1 is 1.00 bits per heavy atom. The molecule has 30 heavy (non-hydrogen) atoms. The number of anilines is 1. The average Bonchev–Trinajstić information content (AvgIpc) is 3.21. The van der Waals surface area contributed by atoms with E-state index in [9.17, 15) is 13.2 Å². The van der Waals surface area contributed by atoms with E-state index in [1.54, 1.807) is 47.4 Å². The van der Waals surface area contributed by atoms with Crippen LogP contribution in [0.4, 0.5) is 5.88 Å². The van der Waals surface area contributed by atoms with Gasteiger partial charge in [0.2, 0.25) is 32.5 Å². The second kappa shape index (κ2) is 8.12. The molecule has 156 valence electrons. The lowest BCUT2D eigenvalue weighted by molar-refractivity contribution is -0.129. The van der Waals surface area contributed by atoms with Crippen LogP contribution < -0.4 is 4.90 Å². The minimum atomic E-state index is -3.90. The third-order valence-electron chi connectivity index (χ3n) is 4.99. The highest BCUT2D eigenvalue weighted by Gasteiger charge is 2.33. The molecule has 1 aliphatic rings. The van der Waals surface area contributed by atoms with Gasteiger partial charge in [-0.25, -0.2) is 8.42 Å². The molecular weight excluding hydrogens is 426 g/mol. The van der Waals surface area contributed by atoms with E-state index in [1.807, 2.05) is 4.90 Å². The Bertz CT molecular complexity index is 1150. The number of benzene rings is 2. The molecule has 0 unspecified atom stereocenters. The molecular formula is C21H20ClN3O4S. The number of carbonyl (C=O) groups excluding carboxylic acids is 1. The van der Waals surface area contributed by atoms with Gasteiger partial charge in [0.05, 0.1) is 4.90 Å². The van der Waals surface area contributed by atoms with Crippen LogP contribution in [0.2, 0.25) is 5.02 Å². The Balaban J connectivity index is 1.78. The van der Waals surface area contributed by atoms with Crippen LogP contribution in [-0.4, -0.2) is 50.4 Å². The van der Waals surface area contributed by atoms with Crippen LogP contribution in [0.15, 0.2) is 68.9 Å². The Hall–Kier alpha value is -2.84. The fourth-order valence-electron chi connectivity index (χ4n) is 3.32. The minimum absolute atomic E-state index is 0.00814. The summed E-state index contributed by atoms with van der Waals surface area (Å²) in [5, 5.41) is 0.429. The van der Waals surface area contributed by atoms with Crippen LogP contribution in [-0.2, 0) is 14.6 Å². The van der Waals surface area contributed by atoms with Gasteiger partial charge >= 0.3 is 0 Å². The van der Waals surface area contributed by atoms with Gasteiger partial charge in [-0.05, 0) is 36.4 Å². The number of hydrogen-bond acceptors (Lipinski definition) is 6. The second-order valence-corrected chi connectivity index (χ2v) is 9.25. The van der Waals surface area contributed by atoms with Gasteiger partial charge in [-0.3, -0.25) is 4.79 Å². The minimum Gasteiger partial charge on any atom is -0.419 e. The zero-order chi connectivity index (χ0) is 21.3. The average molecular weight is 446 g/mol. The van der Waals surface area contributed by atoms with E-state index in [0.717, 1.165) is 0 Å². The van der Waals surface area contributed by atoms with Gasteiger partial charge in [-0.15, -0.1) is 0 Å². The molecule has 7 nitrogen and oxygen atoms in total. The SMILES string of the molecule is CC(=O)N1CCN(c2oc(-c3ccc(Cl)cc3)nc2S(=O)(=O)c2ccccc2)CC1. The maximum absolute atomic E-state index is 13.3. The fraction of sp³-hybridized carbons (Fsp3) is 0.238. The molecule has 1 amide bonds. The van der Waals surface area contributed by atoms with Crippen molar-refractivity contribution in [3.8, 4) is 11.5 Å². The second-order valence-electron chi connectivity index (χ2n) is 6.95. The van der Waals surface area contributed by atoms with Crippen LogP contribution in [0.1, 0.15) is 6.92 Å². The largest absolute Gasteiger partial charge is 0.419 e. The number of aromatic nitrogens is 1. The van der Waals surface area contributed by atoms with Crippen molar-refractivity contribution in [2.75, 3.05) is 31.1 Å². The third-order valence-corrected chi connectivity index (χ3v) is 6.91. The first kappa shape index (κ1) is 20.4. The Kier molecular flexibility index (Phi) is 5.53. The quantitative estimate of drug-likeness (QED) is 0.611. The number of amides is 1. The zero-order valence-corrected chi connectivity index (χ0v) is 17.9. The first-order valence-electron chi connectivity index (χ1n) is 9.43. The van der Waals surface area contributed by atoms with Gasteiger partial charge in [-0.2, -0.15) is 4.98 Å². The van der Waals surface area contributed by atoms with E-state index in [2.05, 4.69) is 4.98 Å². The summed E-state index contributed by atoms with van der Waals surface area (Å²) < 4.78 is 32.6. The van der Waals surface area contributed by atoms with E-state index < -0.39 is 9.84 Å². The summed E-state index contributed by atoms with van der Waals surface area (Å²) in [7, 11) is -3.90. The molecule has 0 atom stereocenters. The normalized spacial score (nSPS) is 14.7. The molecule has 1 aromatic heterocycles. The number of oxazole rings is 1. The number of nitrogens with zero attached hydrogens (tertiary/aromatic N) is 3. The van der Waals surface area contributed by atoms with Crippen molar-refractivity contribution in [2.45, 2.75) is 16.8 Å². The lowest BCUT2D eigenvalue weighted by Crippen LogP contribution is -2.48. The predicted molar refractivity (Wildman–Crippen MR) is 113 cm³/mol. The zero-order valence-electron chi connectivity index (χ0n) is 16.3. The Morgan fingerprint density at radius 3 is 2.23 bits per heavy atom. The third kappa shape index (κ3) is 3.93. The highest BCUT2D eigenvalue weighted by Crippen LogP contribution is 2.35. The van der Waals surface area contributed by atoms with E-state index >= 15 is 0 Å². The summed E-state index contributed by atoms with van der Waals surface area (Å²) in [5.74, 6) is 0.378. The first-order valence-corrected chi connectivity index (χ1v) is 11.3. The molecule has 9 heteroatoms. The lowest BCUT2D eigenvalue weighted by atomic mass is 10.2. The van der Waals surface area contributed by atoms with E-state index in [-0.39, 0.29) is 27.6 Å². The highest BCUT2D eigenvalue weighted by molar-refractivity contribution is 7.91. The molecule has 2 heterocycles. The summed E-state index contributed by atoms with van der Waals surface area (Å²) in [6.07, 6.45) is 0. The van der Waals surface area contributed by atoms with Gasteiger partial charge in [0, 0.05) is 43.7 Å². The van der Waals surface area contributed by atoms with Gasteiger partial charge < -0.3 is 14.2 Å². The Labute approximate surface area is 179 Å². The maximum atomic E-state index is 13.3. The maximum Gasteiger partial charge on any atom is 0.236 e. The molecule has 0 spiro atoms. The summed E-state index contributed by atoms with van der Waals surface area (Å²) in [6.45, 7) is 3.39. The van der Waals surface area contributed by atoms with Crippen LogP contribution in [0.5, 0.6) is 0 Å². The molecule has 3 aromatic rings. The number of halogens is 1. The van der Waals surface area contributed by atoms with Crippen molar-refractivity contribution < 1.29 is 17.6 Å². The number of piperazine rings is 1. The van der Waals surface area contributed by atoms with Gasteiger partial charge in [0.15, 0.2) is 0 Å². The van der Waals surface area contributed by atoms with Crippen molar-refractivity contribution in [3.63, 3.8) is 0 Å². The summed E-state index contributed by atoms with van der Waals surface area (Å²) in [4.78, 5) is 19.7. The number of hydrogen-bond donors (Lipinski definition) is 0. The Morgan fingerprint density at radius 2 is 1.63 bits per heavy atom. The lowest BCUT2D eigenvalue weighted by Gasteiger charge is -2.34. The number of rotatable bonds is 4. The molecule has 4 rings (SSSR count). The smallest absolute Gasteiger partial charge is 0.236 e. The summed E-state index contributed by atoms with van der Waals surface area (Å²) in [5.41, 5.74) is 0.623. The van der Waals surface area contributed by atoms with Gasteiger partial charge in [0.1, 0.15) is 0 Å². The van der Waals surface area contributed by atoms with E-state index in [0.29, 0.717) is 36.8 Å². The van der Waals surface area contributed by atoms with Crippen LogP contribution >= 0.6 is 11.6 Å².